The second-order valence-corrected chi connectivity index (χ2v) is 4.06. The fourth-order valence-electron chi connectivity index (χ4n) is 2.13. The van der Waals surface area contributed by atoms with Gasteiger partial charge in [0.25, 0.3) is 5.91 Å². The molecule has 1 N–H and O–H groups in total. The number of aromatic amines is 1. The van der Waals surface area contributed by atoms with E-state index in [-0.39, 0.29) is 5.91 Å². The van der Waals surface area contributed by atoms with Crippen LogP contribution in [-0.4, -0.2) is 17.9 Å². The van der Waals surface area contributed by atoms with Gasteiger partial charge in [0, 0.05) is 24.5 Å². The second kappa shape index (κ2) is 3.63. The highest BCUT2D eigenvalue weighted by molar-refractivity contribution is 6.35. The van der Waals surface area contributed by atoms with Crippen molar-refractivity contribution in [2.45, 2.75) is 0 Å². The molecule has 3 heteroatoms. The smallest absolute Gasteiger partial charge is 0.258 e. The van der Waals surface area contributed by atoms with Crippen LogP contribution in [0.25, 0.3) is 11.6 Å². The second-order valence-electron chi connectivity index (χ2n) is 4.06. The SMILES string of the molecule is CN1C(=O)/C(=C/c2ccc[nH]2)c2ccccc21. The molecule has 1 amide bonds. The molecular weight excluding hydrogens is 212 g/mol. The number of hydrogen-bond acceptors (Lipinski definition) is 1. The molecule has 17 heavy (non-hydrogen) atoms. The molecule has 84 valence electrons. The van der Waals surface area contributed by atoms with Crippen LogP contribution in [0.5, 0.6) is 0 Å². The Balaban J connectivity index is 2.16. The molecule has 0 unspecified atom stereocenters. The third kappa shape index (κ3) is 1.47. The van der Waals surface area contributed by atoms with E-state index in [2.05, 4.69) is 4.98 Å². The molecule has 0 spiro atoms. The van der Waals surface area contributed by atoms with Gasteiger partial charge in [0.05, 0.1) is 11.3 Å². The van der Waals surface area contributed by atoms with E-state index in [1.807, 2.05) is 48.7 Å². The van der Waals surface area contributed by atoms with Crippen molar-refractivity contribution >= 4 is 23.2 Å². The number of aromatic nitrogens is 1. The van der Waals surface area contributed by atoms with E-state index in [0.717, 1.165) is 22.5 Å². The lowest BCUT2D eigenvalue weighted by molar-refractivity contribution is -0.112. The third-order valence-electron chi connectivity index (χ3n) is 3.01. The molecule has 2 heterocycles. The van der Waals surface area contributed by atoms with Crippen LogP contribution in [0, 0.1) is 0 Å². The first-order valence-electron chi connectivity index (χ1n) is 5.50. The van der Waals surface area contributed by atoms with E-state index >= 15 is 0 Å². The van der Waals surface area contributed by atoms with Crippen LogP contribution >= 0.6 is 0 Å². The summed E-state index contributed by atoms with van der Waals surface area (Å²) in [4.78, 5) is 16.9. The highest BCUT2D eigenvalue weighted by Gasteiger charge is 2.28. The van der Waals surface area contributed by atoms with Gasteiger partial charge in [-0.25, -0.2) is 0 Å². The van der Waals surface area contributed by atoms with Crippen LogP contribution in [0.15, 0.2) is 42.6 Å². The minimum absolute atomic E-state index is 0.0424. The van der Waals surface area contributed by atoms with Crippen molar-refractivity contribution in [1.29, 1.82) is 0 Å². The van der Waals surface area contributed by atoms with Gasteiger partial charge >= 0.3 is 0 Å². The standard InChI is InChI=1S/C14H12N2O/c1-16-13-7-3-2-6-11(13)12(14(16)17)9-10-5-4-8-15-10/h2-9,15H,1H3/b12-9+. The molecule has 0 saturated carbocycles. The van der Waals surface area contributed by atoms with E-state index in [0.29, 0.717) is 0 Å². The Hall–Kier alpha value is -2.29. The molecular formula is C14H12N2O. The number of anilines is 1. The lowest BCUT2D eigenvalue weighted by Gasteiger charge is -2.07. The lowest BCUT2D eigenvalue weighted by atomic mass is 10.1. The molecule has 3 rings (SSSR count). The maximum Gasteiger partial charge on any atom is 0.258 e. The highest BCUT2D eigenvalue weighted by Crippen LogP contribution is 2.36. The van der Waals surface area contributed by atoms with Gasteiger partial charge in [-0.3, -0.25) is 4.79 Å². The van der Waals surface area contributed by atoms with Crippen molar-refractivity contribution < 1.29 is 4.79 Å². The van der Waals surface area contributed by atoms with Crippen LogP contribution in [0.2, 0.25) is 0 Å². The number of rotatable bonds is 1. The quantitative estimate of drug-likeness (QED) is 0.742. The average molecular weight is 224 g/mol. The van der Waals surface area contributed by atoms with E-state index in [9.17, 15) is 4.79 Å². The minimum atomic E-state index is 0.0424. The Morgan fingerprint density at radius 3 is 2.76 bits per heavy atom. The van der Waals surface area contributed by atoms with Crippen LogP contribution in [-0.2, 0) is 4.79 Å². The van der Waals surface area contributed by atoms with Crippen molar-refractivity contribution in [3.63, 3.8) is 0 Å². The fraction of sp³-hybridized carbons (Fsp3) is 0.0714. The van der Waals surface area contributed by atoms with Gasteiger partial charge < -0.3 is 9.88 Å². The van der Waals surface area contributed by atoms with E-state index in [1.54, 1.807) is 11.9 Å². The summed E-state index contributed by atoms with van der Waals surface area (Å²) in [6.07, 6.45) is 3.74. The number of likely N-dealkylation sites (N-methyl/N-ethyl adjacent to an activating group) is 1. The van der Waals surface area contributed by atoms with Gasteiger partial charge in [-0.1, -0.05) is 18.2 Å². The van der Waals surface area contributed by atoms with E-state index < -0.39 is 0 Å². The lowest BCUT2D eigenvalue weighted by Crippen LogP contribution is -2.20. The third-order valence-corrected chi connectivity index (χ3v) is 3.01. The van der Waals surface area contributed by atoms with Crippen molar-refractivity contribution in [1.82, 2.24) is 4.98 Å². The van der Waals surface area contributed by atoms with E-state index in [4.69, 9.17) is 0 Å². The zero-order valence-electron chi connectivity index (χ0n) is 9.47. The summed E-state index contributed by atoms with van der Waals surface area (Å²) < 4.78 is 0. The molecule has 1 aliphatic rings. The Morgan fingerprint density at radius 1 is 1.18 bits per heavy atom. The fourth-order valence-corrected chi connectivity index (χ4v) is 2.13. The molecule has 1 aromatic heterocycles. The number of carbonyl (C=O) groups excluding carboxylic acids is 1. The number of benzene rings is 1. The zero-order chi connectivity index (χ0) is 11.8. The predicted molar refractivity (Wildman–Crippen MR) is 68.5 cm³/mol. The summed E-state index contributed by atoms with van der Waals surface area (Å²) in [5.74, 6) is 0.0424. The molecule has 3 nitrogen and oxygen atoms in total. The number of amides is 1. The Bertz CT molecular complexity index is 596. The number of para-hydroxylation sites is 1. The normalized spacial score (nSPS) is 16.6. The molecule has 0 fully saturated rings. The Kier molecular flexibility index (Phi) is 2.11. The number of nitrogens with one attached hydrogen (secondary N) is 1. The molecule has 2 aromatic rings. The minimum Gasteiger partial charge on any atom is -0.362 e. The predicted octanol–water partition coefficient (Wildman–Crippen LogP) is 2.53. The van der Waals surface area contributed by atoms with Crippen molar-refractivity contribution in [2.75, 3.05) is 11.9 Å². The van der Waals surface area contributed by atoms with Gasteiger partial charge in [-0.05, 0) is 24.3 Å². The summed E-state index contributed by atoms with van der Waals surface area (Å²) in [5.41, 5.74) is 3.65. The number of fused-ring (bicyclic) bond motifs is 1. The van der Waals surface area contributed by atoms with Gasteiger partial charge in [0.15, 0.2) is 0 Å². The number of H-pyrrole nitrogens is 1. The van der Waals surface area contributed by atoms with Gasteiger partial charge in [-0.15, -0.1) is 0 Å². The summed E-state index contributed by atoms with van der Waals surface area (Å²) >= 11 is 0. The van der Waals surface area contributed by atoms with E-state index in [1.165, 1.54) is 0 Å². The van der Waals surface area contributed by atoms with Crippen LogP contribution < -0.4 is 4.90 Å². The van der Waals surface area contributed by atoms with Crippen LogP contribution in [0.3, 0.4) is 0 Å². The maximum absolute atomic E-state index is 12.1. The molecule has 0 bridgehead atoms. The first kappa shape index (κ1) is 9.90. The maximum atomic E-state index is 12.1. The van der Waals surface area contributed by atoms with Crippen molar-refractivity contribution in [3.8, 4) is 0 Å². The van der Waals surface area contributed by atoms with Crippen molar-refractivity contribution in [2.24, 2.45) is 0 Å². The number of hydrogen-bond donors (Lipinski definition) is 1. The van der Waals surface area contributed by atoms with Crippen LogP contribution in [0.4, 0.5) is 5.69 Å². The molecule has 0 atom stereocenters. The Labute approximate surface area is 99.4 Å². The van der Waals surface area contributed by atoms with Gasteiger partial charge in [-0.2, -0.15) is 0 Å². The Morgan fingerprint density at radius 2 is 2.00 bits per heavy atom. The number of carbonyl (C=O) groups is 1. The monoisotopic (exact) mass is 224 g/mol. The largest absolute Gasteiger partial charge is 0.362 e. The molecule has 1 aliphatic heterocycles. The topological polar surface area (TPSA) is 36.1 Å². The van der Waals surface area contributed by atoms with Gasteiger partial charge in [0.2, 0.25) is 0 Å². The first-order chi connectivity index (χ1) is 8.27. The summed E-state index contributed by atoms with van der Waals surface area (Å²) in [6, 6.07) is 11.7. The molecule has 0 saturated heterocycles. The highest BCUT2D eigenvalue weighted by atomic mass is 16.2. The summed E-state index contributed by atoms with van der Waals surface area (Å²) in [5, 5.41) is 0. The van der Waals surface area contributed by atoms with Crippen molar-refractivity contribution in [3.05, 3.63) is 53.9 Å². The summed E-state index contributed by atoms with van der Waals surface area (Å²) in [7, 11) is 1.80. The molecule has 1 aromatic carbocycles. The van der Waals surface area contributed by atoms with Gasteiger partial charge in [0.1, 0.15) is 0 Å². The molecule has 0 aliphatic carbocycles. The number of nitrogens with zero attached hydrogens (tertiary/aromatic N) is 1. The zero-order valence-corrected chi connectivity index (χ0v) is 9.47. The van der Waals surface area contributed by atoms with Crippen LogP contribution in [0.1, 0.15) is 11.3 Å². The average Bonchev–Trinajstić information content (AvgIpc) is 2.94. The first-order valence-corrected chi connectivity index (χ1v) is 5.50. The summed E-state index contributed by atoms with van der Waals surface area (Å²) in [6.45, 7) is 0. The molecule has 0 radical (unpaired) electrons.